The number of ether oxygens (including phenoxy) is 1. The predicted molar refractivity (Wildman–Crippen MR) is 101 cm³/mol. The molecule has 1 amide bonds. The number of alkyl carbamates (subject to hydrolysis) is 1. The van der Waals surface area contributed by atoms with Crippen molar-refractivity contribution in [2.45, 2.75) is 12.6 Å². The molecule has 2 N–H and O–H groups in total. The third kappa shape index (κ3) is 5.80. The summed E-state index contributed by atoms with van der Waals surface area (Å²) in [6.07, 6.45) is -0.389. The summed E-state index contributed by atoms with van der Waals surface area (Å²) in [6, 6.07) is 18.3. The van der Waals surface area contributed by atoms with Gasteiger partial charge in [-0.15, -0.1) is 0 Å². The highest BCUT2D eigenvalue weighted by Gasteiger charge is 2.19. The quantitative estimate of drug-likeness (QED) is 0.807. The molecule has 0 aliphatic carbocycles. The number of quaternary nitrogens is 1. The van der Waals surface area contributed by atoms with Gasteiger partial charge in [0.15, 0.2) is 0 Å². The van der Waals surface area contributed by atoms with Crippen molar-refractivity contribution in [1.29, 1.82) is 0 Å². The lowest BCUT2D eigenvalue weighted by Crippen LogP contribution is -3.07. The van der Waals surface area contributed by atoms with Gasteiger partial charge in [-0.3, -0.25) is 0 Å². The number of anilines is 1. The highest BCUT2D eigenvalue weighted by atomic mass is 16.5. The van der Waals surface area contributed by atoms with Crippen LogP contribution < -0.4 is 15.1 Å². The summed E-state index contributed by atoms with van der Waals surface area (Å²) in [4.78, 5) is 15.3. The molecule has 0 aliphatic heterocycles. The Bertz CT molecular complexity index is 654. The van der Waals surface area contributed by atoms with Crippen molar-refractivity contribution in [3.8, 4) is 0 Å². The molecular weight excluding hydrogens is 314 g/mol. The van der Waals surface area contributed by atoms with Gasteiger partial charge in [-0.25, -0.2) is 4.79 Å². The second-order valence-electron chi connectivity index (χ2n) is 6.56. The van der Waals surface area contributed by atoms with Crippen molar-refractivity contribution in [3.05, 3.63) is 65.7 Å². The van der Waals surface area contributed by atoms with Crippen LogP contribution in [0.3, 0.4) is 0 Å². The van der Waals surface area contributed by atoms with Gasteiger partial charge in [0, 0.05) is 25.3 Å². The summed E-state index contributed by atoms with van der Waals surface area (Å²) in [5.41, 5.74) is 3.33. The average molecular weight is 342 g/mol. The number of hydrogen-bond donors (Lipinski definition) is 2. The molecule has 0 unspecified atom stereocenters. The van der Waals surface area contributed by atoms with E-state index in [1.165, 1.54) is 10.5 Å². The number of nitrogens with zero attached hydrogens (tertiary/aromatic N) is 1. The molecule has 1 atom stereocenters. The molecular formula is C20H28N3O2+. The van der Waals surface area contributed by atoms with Crippen LogP contribution in [0.1, 0.15) is 17.2 Å². The number of carbonyl (C=O) groups is 1. The van der Waals surface area contributed by atoms with Crippen molar-refractivity contribution in [3.63, 3.8) is 0 Å². The van der Waals surface area contributed by atoms with Gasteiger partial charge in [0.25, 0.3) is 0 Å². The highest BCUT2D eigenvalue weighted by molar-refractivity contribution is 5.67. The molecule has 2 aromatic rings. The van der Waals surface area contributed by atoms with E-state index in [1.807, 2.05) is 44.4 Å². The van der Waals surface area contributed by atoms with E-state index >= 15 is 0 Å². The van der Waals surface area contributed by atoms with Crippen molar-refractivity contribution >= 4 is 11.8 Å². The summed E-state index contributed by atoms with van der Waals surface area (Å²) in [7, 11) is 8.21. The summed E-state index contributed by atoms with van der Waals surface area (Å²) in [5.74, 6) is 0. The number of amides is 1. The topological polar surface area (TPSA) is 46.0 Å². The molecule has 0 saturated heterocycles. The SMILES string of the molecule is CN(C)c1ccc([C@H](CNC(=O)OCc2ccccc2)[NH+](C)C)cc1. The molecule has 0 radical (unpaired) electrons. The first-order chi connectivity index (χ1) is 12.0. The first kappa shape index (κ1) is 18.8. The Hall–Kier alpha value is -2.53. The second kappa shape index (κ2) is 9.08. The lowest BCUT2D eigenvalue weighted by molar-refractivity contribution is -0.890. The molecule has 0 bridgehead atoms. The molecule has 5 heteroatoms. The molecule has 0 fully saturated rings. The first-order valence-electron chi connectivity index (χ1n) is 8.49. The van der Waals surface area contributed by atoms with E-state index in [9.17, 15) is 4.79 Å². The predicted octanol–water partition coefficient (Wildman–Crippen LogP) is 1.86. The molecule has 134 valence electrons. The van der Waals surface area contributed by atoms with E-state index in [0.29, 0.717) is 6.54 Å². The molecule has 2 rings (SSSR count). The maximum Gasteiger partial charge on any atom is 0.407 e. The Balaban J connectivity index is 1.89. The lowest BCUT2D eigenvalue weighted by atomic mass is 10.1. The van der Waals surface area contributed by atoms with Crippen molar-refractivity contribution in [2.75, 3.05) is 39.6 Å². The average Bonchev–Trinajstić information content (AvgIpc) is 2.61. The van der Waals surface area contributed by atoms with E-state index in [4.69, 9.17) is 4.74 Å². The molecule has 0 heterocycles. The minimum atomic E-state index is -0.389. The van der Waals surface area contributed by atoms with Crippen LogP contribution in [-0.4, -0.2) is 40.8 Å². The zero-order valence-electron chi connectivity index (χ0n) is 15.5. The van der Waals surface area contributed by atoms with E-state index in [-0.39, 0.29) is 18.7 Å². The van der Waals surface area contributed by atoms with Crippen LogP contribution in [0, 0.1) is 0 Å². The second-order valence-corrected chi connectivity index (χ2v) is 6.56. The molecule has 25 heavy (non-hydrogen) atoms. The third-order valence-corrected chi connectivity index (χ3v) is 4.17. The number of hydrogen-bond acceptors (Lipinski definition) is 3. The number of nitrogens with one attached hydrogen (secondary N) is 2. The molecule has 0 aromatic heterocycles. The highest BCUT2D eigenvalue weighted by Crippen LogP contribution is 2.16. The van der Waals surface area contributed by atoms with Crippen LogP contribution in [0.2, 0.25) is 0 Å². The molecule has 2 aromatic carbocycles. The van der Waals surface area contributed by atoms with Gasteiger partial charge in [0.05, 0.1) is 20.6 Å². The summed E-state index contributed by atoms with van der Waals surface area (Å²) in [6.45, 7) is 0.807. The van der Waals surface area contributed by atoms with E-state index < -0.39 is 0 Å². The van der Waals surface area contributed by atoms with Crippen molar-refractivity contribution in [1.82, 2.24) is 5.32 Å². The molecule has 0 aliphatic rings. The zero-order valence-corrected chi connectivity index (χ0v) is 15.5. The Labute approximate surface area is 150 Å². The molecule has 0 spiro atoms. The smallest absolute Gasteiger partial charge is 0.407 e. The van der Waals surface area contributed by atoms with E-state index in [0.717, 1.165) is 11.3 Å². The van der Waals surface area contributed by atoms with Gasteiger partial charge in [-0.2, -0.15) is 0 Å². The fraction of sp³-hybridized carbons (Fsp3) is 0.350. The Morgan fingerprint density at radius 1 is 1.08 bits per heavy atom. The largest absolute Gasteiger partial charge is 0.445 e. The Morgan fingerprint density at radius 2 is 1.72 bits per heavy atom. The van der Waals surface area contributed by atoms with Crippen LogP contribution in [-0.2, 0) is 11.3 Å². The van der Waals surface area contributed by atoms with Gasteiger partial charge < -0.3 is 19.9 Å². The van der Waals surface area contributed by atoms with Crippen molar-refractivity contribution in [2.24, 2.45) is 0 Å². The van der Waals surface area contributed by atoms with Crippen LogP contribution in [0.25, 0.3) is 0 Å². The normalized spacial score (nSPS) is 11.9. The van der Waals surface area contributed by atoms with Crippen molar-refractivity contribution < 1.29 is 14.4 Å². The third-order valence-electron chi connectivity index (χ3n) is 4.17. The fourth-order valence-corrected chi connectivity index (χ4v) is 2.62. The number of rotatable bonds is 7. The molecule has 0 saturated carbocycles. The van der Waals surface area contributed by atoms with Gasteiger partial charge in [-0.05, 0) is 17.7 Å². The maximum atomic E-state index is 12.0. The lowest BCUT2D eigenvalue weighted by Gasteiger charge is -2.23. The number of carbonyl (C=O) groups excluding carboxylic acids is 1. The molecule has 5 nitrogen and oxygen atoms in total. The fourth-order valence-electron chi connectivity index (χ4n) is 2.62. The van der Waals surface area contributed by atoms with E-state index in [1.54, 1.807) is 0 Å². The minimum Gasteiger partial charge on any atom is -0.445 e. The summed E-state index contributed by atoms with van der Waals surface area (Å²) < 4.78 is 5.28. The van der Waals surface area contributed by atoms with E-state index in [2.05, 4.69) is 48.6 Å². The zero-order chi connectivity index (χ0) is 18.2. The van der Waals surface area contributed by atoms with Crippen LogP contribution in [0.15, 0.2) is 54.6 Å². The summed E-state index contributed by atoms with van der Waals surface area (Å²) >= 11 is 0. The monoisotopic (exact) mass is 342 g/mol. The van der Waals surface area contributed by atoms with Crippen LogP contribution in [0.4, 0.5) is 10.5 Å². The van der Waals surface area contributed by atoms with Crippen LogP contribution >= 0.6 is 0 Å². The van der Waals surface area contributed by atoms with Gasteiger partial charge >= 0.3 is 6.09 Å². The summed E-state index contributed by atoms with van der Waals surface area (Å²) in [5, 5.41) is 2.88. The van der Waals surface area contributed by atoms with Crippen LogP contribution in [0.5, 0.6) is 0 Å². The van der Waals surface area contributed by atoms with Gasteiger partial charge in [-0.1, -0.05) is 42.5 Å². The van der Waals surface area contributed by atoms with Gasteiger partial charge in [0.2, 0.25) is 0 Å². The standard InChI is InChI=1S/C20H27N3O2/c1-22(2)18-12-10-17(11-13-18)19(23(3)4)14-21-20(24)25-15-16-8-6-5-7-9-16/h5-13,19H,14-15H2,1-4H3,(H,21,24)/p+1/t19-/m0/s1. The minimum absolute atomic E-state index is 0.167. The Kier molecular flexibility index (Phi) is 6.83. The van der Waals surface area contributed by atoms with Gasteiger partial charge in [0.1, 0.15) is 12.6 Å². The Morgan fingerprint density at radius 3 is 2.28 bits per heavy atom. The maximum absolute atomic E-state index is 12.0. The number of benzene rings is 2. The number of likely N-dealkylation sites (N-methyl/N-ethyl adjacent to an activating group) is 1. The first-order valence-corrected chi connectivity index (χ1v) is 8.49.